The Morgan fingerprint density at radius 3 is 2.66 bits per heavy atom. The van der Waals surface area contributed by atoms with E-state index in [2.05, 4.69) is 11.9 Å². The Balaban J connectivity index is 1.44. The van der Waals surface area contributed by atoms with E-state index in [0.717, 1.165) is 34.4 Å². The molecule has 0 amide bonds. The molecule has 0 radical (unpaired) electrons. The SMILES string of the molecule is CCCn1c(SCC(O)COc2ccc3ccccc3c2)nc2cc(S(N)(=O)=O)ccc21. The van der Waals surface area contributed by atoms with Crippen molar-refractivity contribution in [3.8, 4) is 5.75 Å². The Kier molecular flexibility index (Phi) is 6.71. The lowest BCUT2D eigenvalue weighted by molar-refractivity contribution is 0.126. The fraction of sp³-hybridized carbons (Fsp3) is 0.261. The van der Waals surface area contributed by atoms with Gasteiger partial charge in [-0.1, -0.05) is 49.0 Å². The molecule has 1 unspecified atom stereocenters. The van der Waals surface area contributed by atoms with Gasteiger partial charge >= 0.3 is 0 Å². The van der Waals surface area contributed by atoms with Crippen LogP contribution in [-0.4, -0.2) is 41.5 Å². The number of sulfonamides is 1. The predicted octanol–water partition coefficient (Wildman–Crippen LogP) is 3.78. The second-order valence-corrected chi connectivity index (χ2v) is 10.1. The van der Waals surface area contributed by atoms with Crippen molar-refractivity contribution in [2.24, 2.45) is 5.14 Å². The zero-order valence-corrected chi connectivity index (χ0v) is 19.3. The van der Waals surface area contributed by atoms with Crippen molar-refractivity contribution in [2.75, 3.05) is 12.4 Å². The van der Waals surface area contributed by atoms with Crippen molar-refractivity contribution in [1.29, 1.82) is 0 Å². The largest absolute Gasteiger partial charge is 0.491 e. The van der Waals surface area contributed by atoms with Gasteiger partial charge in [0.2, 0.25) is 10.0 Å². The van der Waals surface area contributed by atoms with Crippen LogP contribution in [0.25, 0.3) is 21.8 Å². The van der Waals surface area contributed by atoms with Crippen LogP contribution in [0.15, 0.2) is 70.7 Å². The number of aromatic nitrogens is 2. The van der Waals surface area contributed by atoms with Crippen LogP contribution in [0.4, 0.5) is 0 Å². The van der Waals surface area contributed by atoms with Crippen molar-refractivity contribution >= 4 is 43.6 Å². The molecule has 0 fully saturated rings. The number of imidazole rings is 1. The number of thioether (sulfide) groups is 1. The minimum absolute atomic E-state index is 0.0338. The van der Waals surface area contributed by atoms with Crippen molar-refractivity contribution in [2.45, 2.75) is 36.0 Å². The monoisotopic (exact) mass is 471 g/mol. The summed E-state index contributed by atoms with van der Waals surface area (Å²) in [6, 6.07) is 18.6. The molecule has 7 nitrogen and oxygen atoms in total. The lowest BCUT2D eigenvalue weighted by atomic mass is 10.1. The van der Waals surface area contributed by atoms with Crippen LogP contribution in [0.5, 0.6) is 5.75 Å². The van der Waals surface area contributed by atoms with Crippen LogP contribution in [-0.2, 0) is 16.6 Å². The number of benzene rings is 3. The molecule has 1 heterocycles. The third-order valence-corrected chi connectivity index (χ3v) is 7.06. The minimum atomic E-state index is -3.80. The molecule has 0 spiro atoms. The van der Waals surface area contributed by atoms with Gasteiger partial charge in [-0.15, -0.1) is 0 Å². The summed E-state index contributed by atoms with van der Waals surface area (Å²) >= 11 is 1.41. The predicted molar refractivity (Wildman–Crippen MR) is 128 cm³/mol. The van der Waals surface area contributed by atoms with Crippen molar-refractivity contribution in [1.82, 2.24) is 9.55 Å². The highest BCUT2D eigenvalue weighted by Gasteiger charge is 2.16. The van der Waals surface area contributed by atoms with E-state index in [0.29, 0.717) is 17.0 Å². The fourth-order valence-corrected chi connectivity index (χ4v) is 4.96. The number of ether oxygens (including phenoxy) is 1. The maximum atomic E-state index is 11.7. The number of nitrogens with two attached hydrogens (primary N) is 1. The number of aliphatic hydroxyl groups is 1. The molecule has 4 rings (SSSR count). The Bertz CT molecular complexity index is 1350. The first-order valence-electron chi connectivity index (χ1n) is 10.3. The van der Waals surface area contributed by atoms with Gasteiger partial charge in [0.25, 0.3) is 0 Å². The molecule has 32 heavy (non-hydrogen) atoms. The van der Waals surface area contributed by atoms with Gasteiger partial charge < -0.3 is 14.4 Å². The quantitative estimate of drug-likeness (QED) is 0.360. The van der Waals surface area contributed by atoms with E-state index < -0.39 is 16.1 Å². The smallest absolute Gasteiger partial charge is 0.238 e. The fourth-order valence-electron chi connectivity index (χ4n) is 3.48. The van der Waals surface area contributed by atoms with Gasteiger partial charge in [0, 0.05) is 12.3 Å². The molecule has 168 valence electrons. The van der Waals surface area contributed by atoms with E-state index in [4.69, 9.17) is 9.88 Å². The molecule has 3 aromatic carbocycles. The van der Waals surface area contributed by atoms with Gasteiger partial charge in [0.1, 0.15) is 12.4 Å². The number of rotatable bonds is 9. The molecular formula is C23H25N3O4S2. The topological polar surface area (TPSA) is 107 Å². The number of aliphatic hydroxyl groups excluding tert-OH is 1. The second kappa shape index (κ2) is 9.50. The Hall–Kier alpha value is -2.59. The molecule has 1 atom stereocenters. The molecule has 4 aromatic rings. The summed E-state index contributed by atoms with van der Waals surface area (Å²) in [5.74, 6) is 1.10. The number of hydrogen-bond donors (Lipinski definition) is 2. The zero-order chi connectivity index (χ0) is 22.7. The highest BCUT2D eigenvalue weighted by atomic mass is 32.2. The number of primary sulfonamides is 1. The molecule has 1 aromatic heterocycles. The summed E-state index contributed by atoms with van der Waals surface area (Å²) in [7, 11) is -3.80. The first kappa shape index (κ1) is 22.6. The van der Waals surface area contributed by atoms with E-state index in [9.17, 15) is 13.5 Å². The van der Waals surface area contributed by atoms with Crippen LogP contribution in [0.1, 0.15) is 13.3 Å². The van der Waals surface area contributed by atoms with Gasteiger partial charge in [0.05, 0.1) is 22.0 Å². The van der Waals surface area contributed by atoms with Crippen molar-refractivity contribution < 1.29 is 18.3 Å². The van der Waals surface area contributed by atoms with Gasteiger partial charge in [-0.2, -0.15) is 0 Å². The van der Waals surface area contributed by atoms with E-state index in [1.165, 1.54) is 23.9 Å². The normalized spacial score (nSPS) is 13.0. The molecular weight excluding hydrogens is 446 g/mol. The van der Waals surface area contributed by atoms with Crippen LogP contribution in [0.3, 0.4) is 0 Å². The molecule has 0 bridgehead atoms. The van der Waals surface area contributed by atoms with Crippen LogP contribution >= 0.6 is 11.8 Å². The molecule has 9 heteroatoms. The highest BCUT2D eigenvalue weighted by molar-refractivity contribution is 7.99. The van der Waals surface area contributed by atoms with Crippen LogP contribution in [0, 0.1) is 0 Å². The lowest BCUT2D eigenvalue weighted by Gasteiger charge is -2.13. The summed E-state index contributed by atoms with van der Waals surface area (Å²) in [5.41, 5.74) is 1.40. The Morgan fingerprint density at radius 1 is 1.12 bits per heavy atom. The van der Waals surface area contributed by atoms with Crippen molar-refractivity contribution in [3.63, 3.8) is 0 Å². The third-order valence-electron chi connectivity index (χ3n) is 5.03. The molecule has 0 aliphatic heterocycles. The van der Waals surface area contributed by atoms with Gasteiger partial charge in [-0.3, -0.25) is 0 Å². The van der Waals surface area contributed by atoms with Gasteiger partial charge in [0.15, 0.2) is 5.16 Å². The average molecular weight is 472 g/mol. The Labute approximate surface area is 191 Å². The van der Waals surface area contributed by atoms with E-state index in [-0.39, 0.29) is 11.5 Å². The number of fused-ring (bicyclic) bond motifs is 2. The van der Waals surface area contributed by atoms with Crippen LogP contribution in [0.2, 0.25) is 0 Å². The average Bonchev–Trinajstić information content (AvgIpc) is 3.12. The van der Waals surface area contributed by atoms with E-state index in [1.807, 2.05) is 47.0 Å². The summed E-state index contributed by atoms with van der Waals surface area (Å²) < 4.78 is 31.1. The summed E-state index contributed by atoms with van der Waals surface area (Å²) in [4.78, 5) is 4.62. The number of aryl methyl sites for hydroxylation is 1. The Morgan fingerprint density at radius 2 is 1.91 bits per heavy atom. The third kappa shape index (κ3) is 5.07. The number of hydrogen-bond acceptors (Lipinski definition) is 6. The molecule has 0 saturated heterocycles. The first-order valence-corrected chi connectivity index (χ1v) is 12.8. The van der Waals surface area contributed by atoms with Crippen LogP contribution < -0.4 is 9.88 Å². The van der Waals surface area contributed by atoms with E-state index >= 15 is 0 Å². The maximum Gasteiger partial charge on any atom is 0.238 e. The first-order chi connectivity index (χ1) is 15.3. The van der Waals surface area contributed by atoms with E-state index in [1.54, 1.807) is 6.07 Å². The highest BCUT2D eigenvalue weighted by Crippen LogP contribution is 2.27. The molecule has 0 saturated carbocycles. The summed E-state index contributed by atoms with van der Waals surface area (Å²) in [6.45, 7) is 2.96. The van der Waals surface area contributed by atoms with Gasteiger partial charge in [-0.05, 0) is 47.5 Å². The lowest BCUT2D eigenvalue weighted by Crippen LogP contribution is -2.20. The standard InChI is InChI=1S/C23H25N3O4S2/c1-2-11-26-22-10-9-20(32(24,28)29)13-21(22)25-23(26)31-15-18(27)14-30-19-8-7-16-5-3-4-6-17(16)12-19/h3-10,12-13,18,27H,2,11,14-15H2,1H3,(H2,24,28,29). The molecule has 0 aliphatic rings. The maximum absolute atomic E-state index is 11.7. The summed E-state index contributed by atoms with van der Waals surface area (Å²) in [6.07, 6.45) is 0.199. The van der Waals surface area contributed by atoms with Crippen molar-refractivity contribution in [3.05, 3.63) is 60.7 Å². The second-order valence-electron chi connectivity index (χ2n) is 7.53. The molecule has 0 aliphatic carbocycles. The zero-order valence-electron chi connectivity index (χ0n) is 17.6. The van der Waals surface area contributed by atoms with Gasteiger partial charge in [-0.25, -0.2) is 18.5 Å². The molecule has 3 N–H and O–H groups in total. The minimum Gasteiger partial charge on any atom is -0.491 e. The summed E-state index contributed by atoms with van der Waals surface area (Å²) in [5, 5.41) is 18.6. The number of nitrogens with zero attached hydrogens (tertiary/aromatic N) is 2.